The van der Waals surface area contributed by atoms with E-state index < -0.39 is 0 Å². The van der Waals surface area contributed by atoms with E-state index in [1.54, 1.807) is 0 Å². The van der Waals surface area contributed by atoms with E-state index in [1.165, 1.54) is 32.1 Å². The molecule has 1 aromatic heterocycles. The maximum absolute atomic E-state index is 5.95. The van der Waals surface area contributed by atoms with Gasteiger partial charge in [0.2, 0.25) is 0 Å². The number of fused-ring (bicyclic) bond motifs is 1. The smallest absolute Gasteiger partial charge is 0.134 e. The van der Waals surface area contributed by atoms with Crippen molar-refractivity contribution < 1.29 is 9.15 Å². The van der Waals surface area contributed by atoms with Gasteiger partial charge in [-0.3, -0.25) is 0 Å². The van der Waals surface area contributed by atoms with Crippen LogP contribution in [0.2, 0.25) is 0 Å². The van der Waals surface area contributed by atoms with Crippen LogP contribution in [0.25, 0.3) is 11.0 Å². The second-order valence-corrected chi connectivity index (χ2v) is 5.72. The van der Waals surface area contributed by atoms with E-state index in [0.29, 0.717) is 13.2 Å². The second-order valence-electron chi connectivity index (χ2n) is 5.72. The van der Waals surface area contributed by atoms with E-state index >= 15 is 0 Å². The van der Waals surface area contributed by atoms with Crippen LogP contribution < -0.4 is 5.73 Å². The van der Waals surface area contributed by atoms with Crippen LogP contribution >= 0.6 is 0 Å². The van der Waals surface area contributed by atoms with E-state index in [2.05, 4.69) is 6.07 Å². The van der Waals surface area contributed by atoms with Gasteiger partial charge in [-0.25, -0.2) is 0 Å². The summed E-state index contributed by atoms with van der Waals surface area (Å²) < 4.78 is 11.7. The molecule has 108 valence electrons. The molecule has 0 bridgehead atoms. The first-order chi connectivity index (χ1) is 9.88. The molecule has 1 heterocycles. The zero-order valence-corrected chi connectivity index (χ0v) is 11.9. The Morgan fingerprint density at radius 1 is 1.15 bits per heavy atom. The van der Waals surface area contributed by atoms with Crippen LogP contribution in [-0.2, 0) is 17.9 Å². The highest BCUT2D eigenvalue weighted by Crippen LogP contribution is 2.28. The molecule has 0 unspecified atom stereocenters. The summed E-state index contributed by atoms with van der Waals surface area (Å²) >= 11 is 0. The van der Waals surface area contributed by atoms with Gasteiger partial charge in [0, 0.05) is 17.6 Å². The molecule has 1 saturated carbocycles. The Morgan fingerprint density at radius 3 is 2.75 bits per heavy atom. The van der Waals surface area contributed by atoms with Crippen molar-refractivity contribution in [2.45, 2.75) is 45.3 Å². The van der Waals surface area contributed by atoms with Crippen molar-refractivity contribution >= 4 is 11.0 Å². The van der Waals surface area contributed by atoms with Gasteiger partial charge >= 0.3 is 0 Å². The SMILES string of the molecule is NCc1oc2ccccc2c1COCC1CCCCC1. The molecule has 1 aliphatic rings. The molecule has 0 radical (unpaired) electrons. The normalized spacial score (nSPS) is 16.9. The second kappa shape index (κ2) is 6.42. The Hall–Kier alpha value is -1.32. The first kappa shape index (κ1) is 13.7. The molecule has 1 aromatic carbocycles. The minimum atomic E-state index is 0.427. The van der Waals surface area contributed by atoms with Gasteiger partial charge in [-0.1, -0.05) is 37.5 Å². The van der Waals surface area contributed by atoms with E-state index in [0.717, 1.165) is 34.8 Å². The number of furan rings is 1. The molecule has 2 N–H and O–H groups in total. The average Bonchev–Trinajstić information content (AvgIpc) is 2.87. The van der Waals surface area contributed by atoms with E-state index in [9.17, 15) is 0 Å². The minimum Gasteiger partial charge on any atom is -0.459 e. The average molecular weight is 273 g/mol. The van der Waals surface area contributed by atoms with Crippen LogP contribution in [-0.4, -0.2) is 6.61 Å². The van der Waals surface area contributed by atoms with Crippen molar-refractivity contribution in [1.82, 2.24) is 0 Å². The van der Waals surface area contributed by atoms with E-state index in [4.69, 9.17) is 14.9 Å². The fourth-order valence-electron chi connectivity index (χ4n) is 3.15. The Labute approximate surface area is 120 Å². The van der Waals surface area contributed by atoms with Gasteiger partial charge in [-0.05, 0) is 24.8 Å². The quantitative estimate of drug-likeness (QED) is 0.896. The van der Waals surface area contributed by atoms with E-state index in [1.807, 2.05) is 18.2 Å². The molecular formula is C17H23NO2. The van der Waals surface area contributed by atoms with Gasteiger partial charge in [-0.2, -0.15) is 0 Å². The summed E-state index contributed by atoms with van der Waals surface area (Å²) in [5.41, 5.74) is 7.81. The lowest BCUT2D eigenvalue weighted by molar-refractivity contribution is 0.0736. The molecule has 0 atom stereocenters. The Kier molecular flexibility index (Phi) is 4.38. The molecule has 2 aromatic rings. The molecule has 3 rings (SSSR count). The molecule has 0 saturated heterocycles. The molecule has 3 heteroatoms. The van der Waals surface area contributed by atoms with Crippen molar-refractivity contribution in [3.8, 4) is 0 Å². The summed E-state index contributed by atoms with van der Waals surface area (Å²) in [6, 6.07) is 8.08. The van der Waals surface area contributed by atoms with Crippen LogP contribution in [0.1, 0.15) is 43.4 Å². The lowest BCUT2D eigenvalue weighted by Crippen LogP contribution is -2.13. The molecule has 1 aliphatic carbocycles. The number of nitrogens with two attached hydrogens (primary N) is 1. The molecule has 3 nitrogen and oxygen atoms in total. The number of para-hydroxylation sites is 1. The van der Waals surface area contributed by atoms with Crippen LogP contribution in [0, 0.1) is 5.92 Å². The maximum Gasteiger partial charge on any atom is 0.134 e. The third-order valence-electron chi connectivity index (χ3n) is 4.29. The van der Waals surface area contributed by atoms with Crippen molar-refractivity contribution in [2.75, 3.05) is 6.61 Å². The number of ether oxygens (including phenoxy) is 1. The third kappa shape index (κ3) is 2.89. The van der Waals surface area contributed by atoms with Crippen LogP contribution in [0.15, 0.2) is 28.7 Å². The first-order valence-electron chi connectivity index (χ1n) is 7.65. The molecule has 0 amide bonds. The van der Waals surface area contributed by atoms with Crippen molar-refractivity contribution in [2.24, 2.45) is 11.7 Å². The fourth-order valence-corrected chi connectivity index (χ4v) is 3.15. The first-order valence-corrected chi connectivity index (χ1v) is 7.65. The highest BCUT2D eigenvalue weighted by Gasteiger charge is 2.16. The number of rotatable bonds is 5. The van der Waals surface area contributed by atoms with Gasteiger partial charge in [0.15, 0.2) is 0 Å². The standard InChI is InChI=1S/C17H23NO2/c18-10-17-15(14-8-4-5-9-16(14)20-17)12-19-11-13-6-2-1-3-7-13/h4-5,8-9,13H,1-3,6-7,10-12,18H2. The molecule has 20 heavy (non-hydrogen) atoms. The van der Waals surface area contributed by atoms with Crippen LogP contribution in [0.3, 0.4) is 0 Å². The van der Waals surface area contributed by atoms with Gasteiger partial charge < -0.3 is 14.9 Å². The van der Waals surface area contributed by atoms with Crippen molar-refractivity contribution in [3.63, 3.8) is 0 Å². The zero-order valence-electron chi connectivity index (χ0n) is 11.9. The zero-order chi connectivity index (χ0) is 13.8. The Morgan fingerprint density at radius 2 is 1.95 bits per heavy atom. The number of benzene rings is 1. The molecule has 0 spiro atoms. The summed E-state index contributed by atoms with van der Waals surface area (Å²) in [6.45, 7) is 1.90. The number of hydrogen-bond acceptors (Lipinski definition) is 3. The largest absolute Gasteiger partial charge is 0.459 e. The summed E-state index contributed by atoms with van der Waals surface area (Å²) in [7, 11) is 0. The third-order valence-corrected chi connectivity index (χ3v) is 4.29. The Bertz CT molecular complexity index is 555. The number of hydrogen-bond donors (Lipinski definition) is 1. The molecular weight excluding hydrogens is 250 g/mol. The summed E-state index contributed by atoms with van der Waals surface area (Å²) in [6.07, 6.45) is 6.74. The van der Waals surface area contributed by atoms with Crippen LogP contribution in [0.4, 0.5) is 0 Å². The van der Waals surface area contributed by atoms with E-state index in [-0.39, 0.29) is 0 Å². The summed E-state index contributed by atoms with van der Waals surface area (Å²) in [5.74, 6) is 1.60. The van der Waals surface area contributed by atoms with Gasteiger partial charge in [-0.15, -0.1) is 0 Å². The predicted octanol–water partition coefficient (Wildman–Crippen LogP) is 3.99. The summed E-state index contributed by atoms with van der Waals surface area (Å²) in [4.78, 5) is 0. The van der Waals surface area contributed by atoms with Gasteiger partial charge in [0.25, 0.3) is 0 Å². The minimum absolute atomic E-state index is 0.427. The monoisotopic (exact) mass is 273 g/mol. The highest BCUT2D eigenvalue weighted by molar-refractivity contribution is 5.82. The predicted molar refractivity (Wildman–Crippen MR) is 80.3 cm³/mol. The van der Waals surface area contributed by atoms with Gasteiger partial charge in [0.05, 0.1) is 13.2 Å². The lowest BCUT2D eigenvalue weighted by atomic mass is 9.90. The fraction of sp³-hybridized carbons (Fsp3) is 0.529. The molecule has 0 aliphatic heterocycles. The van der Waals surface area contributed by atoms with Crippen molar-refractivity contribution in [1.29, 1.82) is 0 Å². The topological polar surface area (TPSA) is 48.4 Å². The highest BCUT2D eigenvalue weighted by atomic mass is 16.5. The Balaban J connectivity index is 1.66. The summed E-state index contributed by atoms with van der Waals surface area (Å²) in [5, 5.41) is 1.14. The van der Waals surface area contributed by atoms with Gasteiger partial charge in [0.1, 0.15) is 11.3 Å². The van der Waals surface area contributed by atoms with Crippen LogP contribution in [0.5, 0.6) is 0 Å². The lowest BCUT2D eigenvalue weighted by Gasteiger charge is -2.21. The molecule has 1 fully saturated rings. The van der Waals surface area contributed by atoms with Crippen molar-refractivity contribution in [3.05, 3.63) is 35.6 Å². The maximum atomic E-state index is 5.95.